The van der Waals surface area contributed by atoms with E-state index in [2.05, 4.69) is 63.2 Å². The molecule has 0 atom stereocenters. The van der Waals surface area contributed by atoms with Crippen LogP contribution >= 0.6 is 0 Å². The Morgan fingerprint density at radius 3 is 2.55 bits per heavy atom. The molecule has 0 saturated carbocycles. The molecule has 1 aliphatic rings. The molecule has 5 rings (SSSR count). The molecule has 9 nitrogen and oxygen atoms in total. The maximum Gasteiger partial charge on any atom is 0.284 e. The van der Waals surface area contributed by atoms with Crippen LogP contribution < -0.4 is 16.0 Å². The third kappa shape index (κ3) is 4.14. The monoisotopic (exact) mass is 445 g/mol. The number of aromatic nitrogens is 3. The number of furan rings is 1. The van der Waals surface area contributed by atoms with E-state index in [-0.39, 0.29) is 5.76 Å². The lowest BCUT2D eigenvalue weighted by Crippen LogP contribution is -2.48. The van der Waals surface area contributed by atoms with Crippen LogP contribution in [-0.4, -0.2) is 57.4 Å². The second-order valence-corrected chi connectivity index (χ2v) is 8.47. The van der Waals surface area contributed by atoms with Crippen LogP contribution in [0.4, 0.5) is 17.2 Å². The first-order valence-electron chi connectivity index (χ1n) is 11.1. The fourth-order valence-corrected chi connectivity index (χ4v) is 4.21. The van der Waals surface area contributed by atoms with E-state index >= 15 is 0 Å². The van der Waals surface area contributed by atoms with Gasteiger partial charge in [-0.2, -0.15) is 0 Å². The summed E-state index contributed by atoms with van der Waals surface area (Å²) < 4.78 is 7.15. The van der Waals surface area contributed by atoms with Gasteiger partial charge in [0.05, 0.1) is 11.9 Å². The average molecular weight is 446 g/mol. The second-order valence-electron chi connectivity index (χ2n) is 8.47. The van der Waals surface area contributed by atoms with Crippen LogP contribution in [0.2, 0.25) is 0 Å². The molecule has 3 aromatic heterocycles. The topological polar surface area (TPSA) is 105 Å². The van der Waals surface area contributed by atoms with Crippen LogP contribution in [0.5, 0.6) is 0 Å². The number of carbonyl (C=O) groups is 1. The zero-order valence-electron chi connectivity index (χ0n) is 18.7. The summed E-state index contributed by atoms with van der Waals surface area (Å²) in [5, 5.41) is 3.37. The zero-order chi connectivity index (χ0) is 22.9. The number of carbonyl (C=O) groups excluding carboxylic acids is 1. The number of nitrogens with one attached hydrogen (secondary N) is 1. The van der Waals surface area contributed by atoms with Gasteiger partial charge in [-0.1, -0.05) is 0 Å². The molecule has 3 N–H and O–H groups in total. The van der Waals surface area contributed by atoms with E-state index in [9.17, 15) is 4.79 Å². The van der Waals surface area contributed by atoms with Gasteiger partial charge in [-0.3, -0.25) is 14.1 Å². The number of benzene rings is 1. The molecule has 0 aliphatic carbocycles. The zero-order valence-corrected chi connectivity index (χ0v) is 18.7. The summed E-state index contributed by atoms with van der Waals surface area (Å²) in [4.78, 5) is 25.3. The summed E-state index contributed by atoms with van der Waals surface area (Å²) in [6.07, 6.45) is 6.76. The molecule has 33 heavy (non-hydrogen) atoms. The molecule has 4 heterocycles. The molecule has 4 aromatic rings. The minimum atomic E-state index is -0.611. The van der Waals surface area contributed by atoms with Crippen molar-refractivity contribution in [3.05, 3.63) is 60.9 Å². The third-order valence-electron chi connectivity index (χ3n) is 6.11. The summed E-state index contributed by atoms with van der Waals surface area (Å²) in [5.41, 5.74) is 9.58. The average Bonchev–Trinajstić information content (AvgIpc) is 3.51. The molecule has 0 bridgehead atoms. The highest BCUT2D eigenvalue weighted by Gasteiger charge is 2.19. The molecule has 1 amide bonds. The van der Waals surface area contributed by atoms with Gasteiger partial charge in [0.25, 0.3) is 5.91 Å². The summed E-state index contributed by atoms with van der Waals surface area (Å²) >= 11 is 0. The van der Waals surface area contributed by atoms with Crippen molar-refractivity contribution in [3.8, 4) is 11.3 Å². The number of hydrogen-bond donors (Lipinski definition) is 2. The van der Waals surface area contributed by atoms with E-state index < -0.39 is 5.91 Å². The standard InChI is InChI=1S/C24H27N7O2/c1-16(2)29-9-11-30(12-10-29)19-5-3-18(4-6-19)28-23-24-26-7-8-31(24)20(14-27-23)17-13-21(22(25)32)33-15-17/h3-8,13-16H,9-12H2,1-2H3,(H2,25,32)(H,27,28). The molecule has 170 valence electrons. The molecule has 1 aliphatic heterocycles. The van der Waals surface area contributed by atoms with Crippen molar-refractivity contribution in [2.45, 2.75) is 19.9 Å². The maximum absolute atomic E-state index is 11.4. The van der Waals surface area contributed by atoms with Crippen molar-refractivity contribution in [3.63, 3.8) is 0 Å². The molecule has 0 unspecified atom stereocenters. The Morgan fingerprint density at radius 1 is 1.12 bits per heavy atom. The normalized spacial score (nSPS) is 14.8. The number of primary amides is 1. The lowest BCUT2D eigenvalue weighted by molar-refractivity contribution is 0.0974. The number of hydrogen-bond acceptors (Lipinski definition) is 7. The number of fused-ring (bicyclic) bond motifs is 1. The van der Waals surface area contributed by atoms with Gasteiger partial charge in [-0.25, -0.2) is 9.97 Å². The molecular weight excluding hydrogens is 418 g/mol. The maximum atomic E-state index is 11.4. The predicted octanol–water partition coefficient (Wildman–Crippen LogP) is 3.36. The first-order chi connectivity index (χ1) is 16.0. The van der Waals surface area contributed by atoms with E-state index in [1.54, 1.807) is 18.5 Å². The summed E-state index contributed by atoms with van der Waals surface area (Å²) in [6.45, 7) is 8.75. The van der Waals surface area contributed by atoms with Crippen molar-refractivity contribution < 1.29 is 9.21 Å². The molecule has 0 spiro atoms. The van der Waals surface area contributed by atoms with E-state index in [4.69, 9.17) is 10.2 Å². The predicted molar refractivity (Wildman–Crippen MR) is 128 cm³/mol. The smallest absolute Gasteiger partial charge is 0.284 e. The van der Waals surface area contributed by atoms with Crippen molar-refractivity contribution in [1.82, 2.24) is 19.3 Å². The number of imidazole rings is 1. The lowest BCUT2D eigenvalue weighted by Gasteiger charge is -2.38. The molecule has 1 saturated heterocycles. The Morgan fingerprint density at radius 2 is 1.88 bits per heavy atom. The van der Waals surface area contributed by atoms with Crippen LogP contribution in [0.3, 0.4) is 0 Å². The number of nitrogens with zero attached hydrogens (tertiary/aromatic N) is 5. The molecule has 0 radical (unpaired) electrons. The fourth-order valence-electron chi connectivity index (χ4n) is 4.21. The van der Waals surface area contributed by atoms with E-state index in [0.717, 1.165) is 37.6 Å². The summed E-state index contributed by atoms with van der Waals surface area (Å²) in [7, 11) is 0. The highest BCUT2D eigenvalue weighted by atomic mass is 16.3. The Labute approximate surface area is 191 Å². The van der Waals surface area contributed by atoms with Gasteiger partial charge in [-0.15, -0.1) is 0 Å². The molecule has 1 fully saturated rings. The number of nitrogens with two attached hydrogens (primary N) is 1. The second kappa shape index (κ2) is 8.59. The van der Waals surface area contributed by atoms with Gasteiger partial charge in [-0.05, 0) is 44.2 Å². The van der Waals surface area contributed by atoms with Gasteiger partial charge in [0.15, 0.2) is 17.2 Å². The van der Waals surface area contributed by atoms with Gasteiger partial charge in [0, 0.05) is 61.6 Å². The quantitative estimate of drug-likeness (QED) is 0.469. The van der Waals surface area contributed by atoms with E-state index in [0.29, 0.717) is 23.1 Å². The number of amides is 1. The van der Waals surface area contributed by atoms with Crippen molar-refractivity contribution in [2.75, 3.05) is 36.4 Å². The van der Waals surface area contributed by atoms with Crippen molar-refractivity contribution >= 4 is 28.7 Å². The Kier molecular flexibility index (Phi) is 5.47. The fraction of sp³-hybridized carbons (Fsp3) is 0.292. The van der Waals surface area contributed by atoms with E-state index in [1.807, 2.05) is 10.6 Å². The van der Waals surface area contributed by atoms with Crippen LogP contribution in [0.15, 0.2) is 59.6 Å². The summed E-state index contributed by atoms with van der Waals surface area (Å²) in [6, 6.07) is 10.6. The molecule has 1 aromatic carbocycles. The van der Waals surface area contributed by atoms with Crippen LogP contribution in [0.1, 0.15) is 24.4 Å². The number of piperazine rings is 1. The number of rotatable bonds is 6. The minimum Gasteiger partial charge on any atom is -0.458 e. The Balaban J connectivity index is 1.33. The van der Waals surface area contributed by atoms with Crippen LogP contribution in [-0.2, 0) is 0 Å². The van der Waals surface area contributed by atoms with E-state index in [1.165, 1.54) is 12.0 Å². The van der Waals surface area contributed by atoms with Crippen LogP contribution in [0.25, 0.3) is 16.9 Å². The lowest BCUT2D eigenvalue weighted by atomic mass is 10.2. The van der Waals surface area contributed by atoms with Gasteiger partial charge < -0.3 is 20.4 Å². The molecule has 9 heteroatoms. The first-order valence-corrected chi connectivity index (χ1v) is 11.1. The SMILES string of the molecule is CC(C)N1CCN(c2ccc(Nc3ncc(-c4coc(C(N)=O)c4)n4ccnc34)cc2)CC1. The van der Waals surface area contributed by atoms with Gasteiger partial charge in [0.1, 0.15) is 6.26 Å². The Bertz CT molecular complexity index is 1270. The van der Waals surface area contributed by atoms with Crippen LogP contribution in [0, 0.1) is 0 Å². The third-order valence-corrected chi connectivity index (χ3v) is 6.11. The van der Waals surface area contributed by atoms with Gasteiger partial charge in [0.2, 0.25) is 0 Å². The Hall–Kier alpha value is -3.85. The van der Waals surface area contributed by atoms with Gasteiger partial charge >= 0.3 is 0 Å². The molecular formula is C24H27N7O2. The summed E-state index contributed by atoms with van der Waals surface area (Å²) in [5.74, 6) is 0.131. The minimum absolute atomic E-state index is 0.103. The van der Waals surface area contributed by atoms with Crippen molar-refractivity contribution in [2.24, 2.45) is 5.73 Å². The highest BCUT2D eigenvalue weighted by Crippen LogP contribution is 2.27. The van der Waals surface area contributed by atoms with Crippen molar-refractivity contribution in [1.29, 1.82) is 0 Å². The highest BCUT2D eigenvalue weighted by molar-refractivity contribution is 5.91. The number of anilines is 3. The first kappa shape index (κ1) is 21.0. The largest absolute Gasteiger partial charge is 0.458 e.